The van der Waals surface area contributed by atoms with Crippen LogP contribution in [0.15, 0.2) is 4.99 Å². The lowest BCUT2D eigenvalue weighted by molar-refractivity contribution is 0.306. The monoisotopic (exact) mass is 246 g/mol. The number of aliphatic hydroxyl groups excluding tert-OH is 1. The summed E-state index contributed by atoms with van der Waals surface area (Å²) in [6.07, 6.45) is 0. The average Bonchev–Trinajstić information content (AvgIpc) is 1.83. The van der Waals surface area contributed by atoms with Gasteiger partial charge in [0, 0.05) is 0 Å². The highest BCUT2D eigenvalue weighted by molar-refractivity contribution is 14.0. The van der Waals surface area contributed by atoms with E-state index in [-0.39, 0.29) is 43.1 Å². The second-order valence-corrected chi connectivity index (χ2v) is 1.13. The van der Waals surface area contributed by atoms with Crippen LogP contribution < -0.4 is 17.0 Å². The first-order valence-corrected chi connectivity index (χ1v) is 2.18. The third-order valence-corrected chi connectivity index (χ3v) is 0.530. The van der Waals surface area contributed by atoms with Gasteiger partial charge in [-0.1, -0.05) is 0 Å². The molecular weight excluding hydrogens is 235 g/mol. The third kappa shape index (κ3) is 7.92. The molecule has 0 aliphatic heterocycles. The summed E-state index contributed by atoms with van der Waals surface area (Å²) >= 11 is 0. The molecule has 0 aliphatic carbocycles. The van der Waals surface area contributed by atoms with Gasteiger partial charge in [0.15, 0.2) is 0 Å². The van der Waals surface area contributed by atoms with Crippen molar-refractivity contribution in [1.82, 2.24) is 5.43 Å². The molecule has 0 saturated carbocycles. The molecule has 0 spiro atoms. The van der Waals surface area contributed by atoms with Crippen LogP contribution >= 0.6 is 24.0 Å². The number of nitrogens with two attached hydrogens (primary N) is 2. The predicted molar refractivity (Wildman–Crippen MR) is 46.3 cm³/mol. The summed E-state index contributed by atoms with van der Waals surface area (Å²) in [7, 11) is 0. The molecule has 0 fully saturated rings. The number of guanidine groups is 1. The number of nitrogens with one attached hydrogen (secondary N) is 1. The molecule has 0 saturated heterocycles. The Morgan fingerprint density at radius 2 is 2.22 bits per heavy atom. The number of hydrazine groups is 1. The molecule has 9 heavy (non-hydrogen) atoms. The summed E-state index contributed by atoms with van der Waals surface area (Å²) in [5.74, 6) is 4.96. The molecule has 0 aliphatic rings. The van der Waals surface area contributed by atoms with E-state index >= 15 is 0 Å². The Bertz CT molecular complexity index is 85.9. The number of aliphatic imine (C=N–C) groups is 1. The van der Waals surface area contributed by atoms with Gasteiger partial charge in [0.25, 0.3) is 0 Å². The van der Waals surface area contributed by atoms with E-state index < -0.39 is 0 Å². The molecule has 0 aromatic carbocycles. The lowest BCUT2D eigenvalue weighted by Crippen LogP contribution is -2.37. The minimum atomic E-state index is -0.0115. The highest BCUT2D eigenvalue weighted by Crippen LogP contribution is 1.63. The van der Waals surface area contributed by atoms with Crippen molar-refractivity contribution in [3.8, 4) is 0 Å². The van der Waals surface area contributed by atoms with Crippen LogP contribution in [0, 0.1) is 0 Å². The van der Waals surface area contributed by atoms with Crippen molar-refractivity contribution in [3.05, 3.63) is 0 Å². The molecule has 5 nitrogen and oxygen atoms in total. The van der Waals surface area contributed by atoms with Gasteiger partial charge in [-0.05, 0) is 0 Å². The number of nitrogens with zero attached hydrogens (tertiary/aromatic N) is 1. The zero-order chi connectivity index (χ0) is 6.41. The van der Waals surface area contributed by atoms with Gasteiger partial charge in [-0.3, -0.25) is 5.43 Å². The number of hydrogen-bond acceptors (Lipinski definition) is 3. The number of halogens is 1. The maximum absolute atomic E-state index is 8.18. The summed E-state index contributed by atoms with van der Waals surface area (Å²) in [6, 6.07) is 0. The van der Waals surface area contributed by atoms with Gasteiger partial charge < -0.3 is 10.8 Å². The Balaban J connectivity index is 0. The van der Waals surface area contributed by atoms with Gasteiger partial charge in [-0.25, -0.2) is 10.8 Å². The summed E-state index contributed by atoms with van der Waals surface area (Å²) in [6.45, 7) is 0.276. The highest BCUT2D eigenvalue weighted by atomic mass is 127. The number of hydrogen-bond donors (Lipinski definition) is 4. The molecule has 6 heteroatoms. The van der Waals surface area contributed by atoms with Crippen molar-refractivity contribution in [3.63, 3.8) is 0 Å². The lowest BCUT2D eigenvalue weighted by Gasteiger charge is -1.94. The Kier molecular flexibility index (Phi) is 10.3. The van der Waals surface area contributed by atoms with Crippen LogP contribution in [0.2, 0.25) is 0 Å². The molecule has 0 atom stereocenters. The zero-order valence-electron chi connectivity index (χ0n) is 4.87. The van der Waals surface area contributed by atoms with E-state index in [1.54, 1.807) is 0 Å². The molecule has 6 N–H and O–H groups in total. The van der Waals surface area contributed by atoms with E-state index in [2.05, 4.69) is 10.4 Å². The fraction of sp³-hybridized carbons (Fsp3) is 0.667. The predicted octanol–water partition coefficient (Wildman–Crippen LogP) is -1.63. The first-order valence-electron chi connectivity index (χ1n) is 2.18. The van der Waals surface area contributed by atoms with E-state index in [1.165, 1.54) is 0 Å². The lowest BCUT2D eigenvalue weighted by atomic mass is 10.7. The van der Waals surface area contributed by atoms with Gasteiger partial charge in [-0.2, -0.15) is 0 Å². The van der Waals surface area contributed by atoms with E-state index in [9.17, 15) is 0 Å². The van der Waals surface area contributed by atoms with Gasteiger partial charge in [0.05, 0.1) is 13.2 Å². The van der Waals surface area contributed by atoms with Crippen molar-refractivity contribution < 1.29 is 5.11 Å². The van der Waals surface area contributed by atoms with Crippen LogP contribution in [0.1, 0.15) is 0 Å². The average molecular weight is 246 g/mol. The summed E-state index contributed by atoms with van der Waals surface area (Å²) in [5.41, 5.74) is 7.18. The molecule has 0 heterocycles. The molecular formula is C3H11IN4O. The van der Waals surface area contributed by atoms with Crippen molar-refractivity contribution in [1.29, 1.82) is 0 Å². The van der Waals surface area contributed by atoms with Crippen LogP contribution in [0.25, 0.3) is 0 Å². The maximum atomic E-state index is 8.18. The van der Waals surface area contributed by atoms with Gasteiger partial charge in [-0.15, -0.1) is 24.0 Å². The molecule has 0 aromatic heterocycles. The first kappa shape index (κ1) is 11.7. The molecule has 56 valence electrons. The van der Waals surface area contributed by atoms with E-state index in [1.807, 2.05) is 0 Å². The minimum Gasteiger partial charge on any atom is -0.394 e. The van der Waals surface area contributed by atoms with Crippen LogP contribution in [-0.4, -0.2) is 24.2 Å². The summed E-state index contributed by atoms with van der Waals surface area (Å²) in [5, 5.41) is 8.18. The third-order valence-electron chi connectivity index (χ3n) is 0.530. The smallest absolute Gasteiger partial charge is 0.203 e. The Morgan fingerprint density at radius 1 is 1.67 bits per heavy atom. The molecule has 0 aromatic rings. The molecule has 0 unspecified atom stereocenters. The van der Waals surface area contributed by atoms with E-state index in [0.29, 0.717) is 0 Å². The molecule has 0 rings (SSSR count). The summed E-state index contributed by atoms with van der Waals surface area (Å²) in [4.78, 5) is 3.57. The van der Waals surface area contributed by atoms with Crippen LogP contribution in [-0.2, 0) is 0 Å². The van der Waals surface area contributed by atoms with Crippen molar-refractivity contribution in [2.24, 2.45) is 16.6 Å². The number of rotatable bonds is 2. The maximum Gasteiger partial charge on any atom is 0.203 e. The highest BCUT2D eigenvalue weighted by Gasteiger charge is 1.80. The SMILES string of the molecule is I.NNC(N)=NCCO. The second-order valence-electron chi connectivity index (χ2n) is 1.13. The normalized spacial score (nSPS) is 10.2. The van der Waals surface area contributed by atoms with Crippen LogP contribution in [0.3, 0.4) is 0 Å². The Labute approximate surface area is 70.5 Å². The molecule has 0 bridgehead atoms. The molecule has 0 amide bonds. The second kappa shape index (κ2) is 7.92. The van der Waals surface area contributed by atoms with E-state index in [4.69, 9.17) is 16.7 Å². The van der Waals surface area contributed by atoms with Crippen LogP contribution in [0.5, 0.6) is 0 Å². The standard InChI is InChI=1S/C3H10N4O.HI/c4-3(7-5)6-1-2-8;/h8H,1-2,5H2,(H3,4,6,7);1H. The number of aliphatic hydroxyl groups is 1. The van der Waals surface area contributed by atoms with E-state index in [0.717, 1.165) is 0 Å². The van der Waals surface area contributed by atoms with Crippen LogP contribution in [0.4, 0.5) is 0 Å². The molecule has 0 radical (unpaired) electrons. The van der Waals surface area contributed by atoms with Crippen molar-refractivity contribution >= 4 is 29.9 Å². The van der Waals surface area contributed by atoms with Gasteiger partial charge >= 0.3 is 0 Å². The first-order chi connectivity index (χ1) is 3.81. The quantitative estimate of drug-likeness (QED) is 0.155. The van der Waals surface area contributed by atoms with Gasteiger partial charge in [0.2, 0.25) is 5.96 Å². The van der Waals surface area contributed by atoms with Crippen molar-refractivity contribution in [2.45, 2.75) is 0 Å². The fourth-order valence-corrected chi connectivity index (χ4v) is 0.216. The largest absolute Gasteiger partial charge is 0.394 e. The Morgan fingerprint density at radius 3 is 2.56 bits per heavy atom. The van der Waals surface area contributed by atoms with Crippen molar-refractivity contribution in [2.75, 3.05) is 13.2 Å². The zero-order valence-corrected chi connectivity index (χ0v) is 7.20. The van der Waals surface area contributed by atoms with Gasteiger partial charge in [0.1, 0.15) is 0 Å². The Hall–Kier alpha value is -0.0800. The summed E-state index contributed by atoms with van der Waals surface area (Å²) < 4.78 is 0. The fourth-order valence-electron chi connectivity index (χ4n) is 0.216. The minimum absolute atomic E-state index is 0. The topological polar surface area (TPSA) is 96.7 Å².